The number of imidazole rings is 1. The number of hydrogen-bond donors (Lipinski definition) is 2. The first-order chi connectivity index (χ1) is 7.16. The second-order valence-corrected chi connectivity index (χ2v) is 2.89. The molecule has 0 unspecified atom stereocenters. The topological polar surface area (TPSA) is 118 Å². The molecule has 0 atom stereocenters. The van der Waals surface area contributed by atoms with E-state index in [2.05, 4.69) is 15.3 Å². The normalized spacial score (nSPS) is 10.4. The number of rotatable bonds is 2. The van der Waals surface area contributed by atoms with Gasteiger partial charge in [-0.15, -0.1) is 5.10 Å². The molecular weight excluding hydrogens is 198 g/mol. The van der Waals surface area contributed by atoms with Crippen LogP contribution in [0, 0.1) is 0 Å². The quantitative estimate of drug-likeness (QED) is 0.650. The lowest BCUT2D eigenvalue weighted by atomic mass is 10.5. The van der Waals surface area contributed by atoms with E-state index in [-0.39, 0.29) is 24.2 Å². The molecule has 0 saturated carbocycles. The summed E-state index contributed by atoms with van der Waals surface area (Å²) in [6.45, 7) is 0.0186. The molecule has 0 aliphatic heterocycles. The van der Waals surface area contributed by atoms with Gasteiger partial charge in [0.15, 0.2) is 5.82 Å². The van der Waals surface area contributed by atoms with Crippen molar-refractivity contribution in [3.8, 4) is 0 Å². The maximum absolute atomic E-state index is 11.6. The fourth-order valence-corrected chi connectivity index (χ4v) is 1.13. The monoisotopic (exact) mass is 207 g/mol. The maximum atomic E-state index is 11.6. The maximum Gasteiger partial charge on any atom is 0.255 e. The van der Waals surface area contributed by atoms with Gasteiger partial charge in [-0.05, 0) is 0 Å². The van der Waals surface area contributed by atoms with Crippen LogP contribution in [0.1, 0.15) is 4.79 Å². The van der Waals surface area contributed by atoms with Crippen molar-refractivity contribution in [1.82, 2.24) is 24.5 Å². The van der Waals surface area contributed by atoms with Gasteiger partial charge < -0.3 is 11.5 Å². The van der Waals surface area contributed by atoms with Gasteiger partial charge in [0.05, 0.1) is 6.20 Å². The van der Waals surface area contributed by atoms with Crippen LogP contribution in [-0.2, 0) is 6.54 Å². The Labute approximate surface area is 84.5 Å². The lowest BCUT2D eigenvalue weighted by molar-refractivity contribution is 0.0888. The second kappa shape index (κ2) is 3.40. The summed E-state index contributed by atoms with van der Waals surface area (Å²) in [6, 6.07) is 0. The predicted molar refractivity (Wildman–Crippen MR) is 51.7 cm³/mol. The van der Waals surface area contributed by atoms with E-state index in [1.165, 1.54) is 27.8 Å². The van der Waals surface area contributed by atoms with Crippen LogP contribution in [0.5, 0.6) is 0 Å². The van der Waals surface area contributed by atoms with Crippen LogP contribution in [0.25, 0.3) is 0 Å². The molecule has 0 aliphatic rings. The van der Waals surface area contributed by atoms with E-state index in [0.29, 0.717) is 0 Å². The van der Waals surface area contributed by atoms with E-state index < -0.39 is 0 Å². The molecule has 4 N–H and O–H groups in total. The molecule has 2 aromatic rings. The van der Waals surface area contributed by atoms with E-state index in [0.717, 1.165) is 0 Å². The first-order valence-corrected chi connectivity index (χ1v) is 4.14. The summed E-state index contributed by atoms with van der Waals surface area (Å²) in [6.07, 6.45) is 4.39. The third-order valence-electron chi connectivity index (χ3n) is 1.79. The number of nitrogens with zero attached hydrogens (tertiary/aromatic N) is 5. The number of nitrogen functional groups attached to an aromatic ring is 2. The van der Waals surface area contributed by atoms with Gasteiger partial charge >= 0.3 is 0 Å². The smallest absolute Gasteiger partial charge is 0.255 e. The van der Waals surface area contributed by atoms with Gasteiger partial charge in [-0.1, -0.05) is 5.21 Å². The molecular formula is C7H9N7O. The highest BCUT2D eigenvalue weighted by molar-refractivity contribution is 5.81. The third-order valence-corrected chi connectivity index (χ3v) is 1.79. The summed E-state index contributed by atoms with van der Waals surface area (Å²) in [5, 5.41) is 7.20. The van der Waals surface area contributed by atoms with Crippen LogP contribution in [0.2, 0.25) is 0 Å². The molecule has 2 aromatic heterocycles. The fourth-order valence-electron chi connectivity index (χ4n) is 1.13. The lowest BCUT2D eigenvalue weighted by Gasteiger charge is -2.01. The van der Waals surface area contributed by atoms with E-state index >= 15 is 0 Å². The minimum atomic E-state index is -0.255. The Bertz CT molecular complexity index is 485. The Kier molecular flexibility index (Phi) is 2.08. The number of anilines is 2. The third kappa shape index (κ3) is 1.77. The van der Waals surface area contributed by atoms with Crippen molar-refractivity contribution in [2.75, 3.05) is 11.5 Å². The Balaban J connectivity index is 2.14. The summed E-state index contributed by atoms with van der Waals surface area (Å²) < 4.78 is 2.56. The van der Waals surface area contributed by atoms with Gasteiger partial charge in [-0.25, -0.2) is 9.67 Å². The molecule has 0 aromatic carbocycles. The molecule has 0 radical (unpaired) electrons. The average Bonchev–Trinajstić information content (AvgIpc) is 2.75. The first kappa shape index (κ1) is 9.19. The fraction of sp³-hybridized carbons (Fsp3) is 0.143. The number of aromatic nitrogens is 5. The summed E-state index contributed by atoms with van der Waals surface area (Å²) in [4.78, 5) is 15.4. The molecule has 2 heterocycles. The SMILES string of the molecule is Nc1cn(CC(=O)n2ccnc2N)nn1. The van der Waals surface area contributed by atoms with Crippen LogP contribution < -0.4 is 11.5 Å². The zero-order valence-electron chi connectivity index (χ0n) is 7.74. The molecule has 0 fully saturated rings. The Hall–Kier alpha value is -2.38. The van der Waals surface area contributed by atoms with Gasteiger partial charge in [0.2, 0.25) is 5.95 Å². The van der Waals surface area contributed by atoms with Crippen molar-refractivity contribution < 1.29 is 4.79 Å². The van der Waals surface area contributed by atoms with E-state index in [1.807, 2.05) is 0 Å². The van der Waals surface area contributed by atoms with Crippen molar-refractivity contribution in [2.24, 2.45) is 0 Å². The molecule has 0 saturated heterocycles. The highest BCUT2D eigenvalue weighted by atomic mass is 16.2. The molecule has 0 amide bonds. The van der Waals surface area contributed by atoms with Crippen LogP contribution in [0.4, 0.5) is 11.8 Å². The molecule has 15 heavy (non-hydrogen) atoms. The van der Waals surface area contributed by atoms with E-state index in [9.17, 15) is 4.79 Å². The Morgan fingerprint density at radius 2 is 2.27 bits per heavy atom. The number of nitrogens with two attached hydrogens (primary N) is 2. The minimum Gasteiger partial charge on any atom is -0.381 e. The minimum absolute atomic E-state index is 0.0186. The standard InChI is InChI=1S/C7H9N7O/c8-5-3-13(12-11-5)4-6(15)14-2-1-10-7(14)9/h1-3H,4,8H2,(H2,9,10). The van der Waals surface area contributed by atoms with Crippen molar-refractivity contribution in [3.63, 3.8) is 0 Å². The number of hydrogen-bond acceptors (Lipinski definition) is 6. The highest BCUT2D eigenvalue weighted by Crippen LogP contribution is 2.00. The predicted octanol–water partition coefficient (Wildman–Crippen LogP) is -1.02. The highest BCUT2D eigenvalue weighted by Gasteiger charge is 2.09. The van der Waals surface area contributed by atoms with Gasteiger partial charge in [-0.3, -0.25) is 9.36 Å². The molecule has 0 aliphatic carbocycles. The molecule has 78 valence electrons. The summed E-state index contributed by atoms with van der Waals surface area (Å²) in [7, 11) is 0. The van der Waals surface area contributed by atoms with Crippen LogP contribution >= 0.6 is 0 Å². The molecule has 8 nitrogen and oxygen atoms in total. The summed E-state index contributed by atoms with van der Waals surface area (Å²) in [5.74, 6) is 0.157. The van der Waals surface area contributed by atoms with Gasteiger partial charge in [-0.2, -0.15) is 0 Å². The van der Waals surface area contributed by atoms with Crippen molar-refractivity contribution in [1.29, 1.82) is 0 Å². The van der Waals surface area contributed by atoms with Crippen molar-refractivity contribution >= 4 is 17.7 Å². The van der Waals surface area contributed by atoms with Gasteiger partial charge in [0, 0.05) is 12.4 Å². The number of carbonyl (C=O) groups is 1. The Morgan fingerprint density at radius 1 is 1.47 bits per heavy atom. The summed E-state index contributed by atoms with van der Waals surface area (Å²) in [5.41, 5.74) is 10.8. The van der Waals surface area contributed by atoms with Crippen molar-refractivity contribution in [2.45, 2.75) is 6.54 Å². The van der Waals surface area contributed by atoms with E-state index in [1.54, 1.807) is 0 Å². The largest absolute Gasteiger partial charge is 0.381 e. The first-order valence-electron chi connectivity index (χ1n) is 4.14. The lowest BCUT2D eigenvalue weighted by Crippen LogP contribution is -2.19. The van der Waals surface area contributed by atoms with Crippen LogP contribution in [0.3, 0.4) is 0 Å². The Morgan fingerprint density at radius 3 is 2.80 bits per heavy atom. The zero-order chi connectivity index (χ0) is 10.8. The van der Waals surface area contributed by atoms with Gasteiger partial charge in [0.25, 0.3) is 5.91 Å². The molecule has 0 spiro atoms. The van der Waals surface area contributed by atoms with Crippen LogP contribution in [-0.4, -0.2) is 30.5 Å². The number of carbonyl (C=O) groups excluding carboxylic acids is 1. The van der Waals surface area contributed by atoms with E-state index in [4.69, 9.17) is 11.5 Å². The molecule has 2 rings (SSSR count). The molecule has 8 heteroatoms. The van der Waals surface area contributed by atoms with Crippen molar-refractivity contribution in [3.05, 3.63) is 18.6 Å². The molecule has 0 bridgehead atoms. The van der Waals surface area contributed by atoms with Gasteiger partial charge in [0.1, 0.15) is 6.54 Å². The average molecular weight is 207 g/mol. The second-order valence-electron chi connectivity index (χ2n) is 2.89. The summed E-state index contributed by atoms with van der Waals surface area (Å²) >= 11 is 0. The van der Waals surface area contributed by atoms with Crippen LogP contribution in [0.15, 0.2) is 18.6 Å². The zero-order valence-corrected chi connectivity index (χ0v) is 7.74.